The number of likely N-dealkylation sites (N-methyl/N-ethyl adjacent to an activating group) is 1. The second-order valence-corrected chi connectivity index (χ2v) is 6.76. The summed E-state index contributed by atoms with van der Waals surface area (Å²) in [5.41, 5.74) is 2.25. The van der Waals surface area contributed by atoms with Crippen LogP contribution in [0.1, 0.15) is 19.8 Å². The average molecular weight is 382 g/mol. The number of aromatic amines is 1. The number of amides is 1. The first kappa shape index (κ1) is 19.7. The van der Waals surface area contributed by atoms with Crippen LogP contribution in [0.3, 0.4) is 0 Å². The molecule has 2 aromatic rings. The van der Waals surface area contributed by atoms with Crippen molar-refractivity contribution in [3.05, 3.63) is 53.6 Å². The molecule has 0 radical (unpaired) electrons. The molecule has 0 saturated carbocycles. The number of likely N-dealkylation sites (tertiary alicyclic amines) is 1. The maximum absolute atomic E-state index is 12.6. The van der Waals surface area contributed by atoms with E-state index in [1.165, 1.54) is 6.08 Å². The molecule has 0 aromatic carbocycles. The van der Waals surface area contributed by atoms with Gasteiger partial charge in [-0.2, -0.15) is 0 Å². The molecule has 1 aliphatic rings. The number of carbonyl (C=O) groups is 1. The summed E-state index contributed by atoms with van der Waals surface area (Å²) in [4.78, 5) is 35.5. The lowest BCUT2D eigenvalue weighted by atomic mass is 10.0. The van der Waals surface area contributed by atoms with Crippen molar-refractivity contribution in [1.82, 2.24) is 14.9 Å². The number of ether oxygens (including phenoxy) is 1. The number of H-pyrrole nitrogens is 1. The van der Waals surface area contributed by atoms with Gasteiger partial charge in [0.05, 0.1) is 7.11 Å². The molecule has 3 rings (SSSR count). The van der Waals surface area contributed by atoms with E-state index in [4.69, 9.17) is 4.74 Å². The molecule has 7 heteroatoms. The Bertz CT molecular complexity index is 909. The van der Waals surface area contributed by atoms with Crippen LogP contribution in [0.4, 0.5) is 5.69 Å². The van der Waals surface area contributed by atoms with Crippen LogP contribution in [0, 0.1) is 0 Å². The van der Waals surface area contributed by atoms with Gasteiger partial charge in [0.1, 0.15) is 5.69 Å². The Balaban J connectivity index is 1.93. The van der Waals surface area contributed by atoms with Crippen LogP contribution in [0.15, 0.2) is 48.0 Å². The minimum Gasteiger partial charge on any atom is -0.481 e. The van der Waals surface area contributed by atoms with Crippen LogP contribution < -0.4 is 15.2 Å². The van der Waals surface area contributed by atoms with E-state index >= 15 is 0 Å². The van der Waals surface area contributed by atoms with E-state index in [-0.39, 0.29) is 17.5 Å². The number of nitrogens with one attached hydrogen (secondary N) is 1. The lowest BCUT2D eigenvalue weighted by molar-refractivity contribution is -0.127. The summed E-state index contributed by atoms with van der Waals surface area (Å²) in [6.07, 6.45) is 6.56. The fourth-order valence-electron chi connectivity index (χ4n) is 3.72. The Labute approximate surface area is 164 Å². The highest BCUT2D eigenvalue weighted by Crippen LogP contribution is 2.26. The van der Waals surface area contributed by atoms with Crippen molar-refractivity contribution in [2.24, 2.45) is 0 Å². The molecule has 0 unspecified atom stereocenters. The van der Waals surface area contributed by atoms with Crippen molar-refractivity contribution >= 4 is 11.6 Å². The van der Waals surface area contributed by atoms with Crippen LogP contribution in [0.2, 0.25) is 0 Å². The number of nitrogens with zero attached hydrogens (tertiary/aromatic N) is 3. The highest BCUT2D eigenvalue weighted by Gasteiger charge is 2.27. The molecule has 7 nitrogen and oxygen atoms in total. The molecule has 0 aliphatic carbocycles. The number of hydrogen-bond donors (Lipinski definition) is 1. The van der Waals surface area contributed by atoms with Crippen LogP contribution in [0.25, 0.3) is 11.1 Å². The number of pyridine rings is 2. The quantitative estimate of drug-likeness (QED) is 0.777. The molecule has 1 atom stereocenters. The van der Waals surface area contributed by atoms with Crippen LogP contribution in [-0.2, 0) is 4.79 Å². The van der Waals surface area contributed by atoms with E-state index in [0.717, 1.165) is 30.5 Å². The predicted molar refractivity (Wildman–Crippen MR) is 110 cm³/mol. The van der Waals surface area contributed by atoms with Crippen LogP contribution >= 0.6 is 0 Å². The highest BCUT2D eigenvalue weighted by molar-refractivity contribution is 5.87. The zero-order valence-electron chi connectivity index (χ0n) is 16.4. The summed E-state index contributed by atoms with van der Waals surface area (Å²) in [6.45, 7) is 7.60. The second kappa shape index (κ2) is 8.73. The molecular weight excluding hydrogens is 356 g/mol. The minimum atomic E-state index is -0.140. The number of rotatable bonds is 6. The second-order valence-electron chi connectivity index (χ2n) is 6.76. The molecule has 1 amide bonds. The number of carbonyl (C=O) groups excluding carboxylic acids is 1. The van der Waals surface area contributed by atoms with Crippen LogP contribution in [-0.4, -0.2) is 53.6 Å². The summed E-state index contributed by atoms with van der Waals surface area (Å²) in [6, 6.07) is 5.69. The number of piperidine rings is 1. The van der Waals surface area contributed by atoms with Gasteiger partial charge in [0.25, 0.3) is 5.56 Å². The summed E-state index contributed by atoms with van der Waals surface area (Å²) in [5, 5.41) is 0. The Morgan fingerprint density at radius 3 is 3.00 bits per heavy atom. The molecule has 0 bridgehead atoms. The van der Waals surface area contributed by atoms with E-state index in [0.29, 0.717) is 24.7 Å². The topological polar surface area (TPSA) is 78.5 Å². The number of aromatic nitrogens is 2. The fourth-order valence-corrected chi connectivity index (χ4v) is 3.72. The largest absolute Gasteiger partial charge is 0.481 e. The normalized spacial score (nSPS) is 16.5. The molecule has 1 N–H and O–H groups in total. The maximum atomic E-state index is 12.6. The van der Waals surface area contributed by atoms with Gasteiger partial charge in [-0.15, -0.1) is 0 Å². The van der Waals surface area contributed by atoms with Gasteiger partial charge in [-0.1, -0.05) is 6.58 Å². The molecule has 3 heterocycles. The molecular formula is C21H26N4O3. The zero-order chi connectivity index (χ0) is 20.1. The minimum absolute atomic E-state index is 0.0627. The Hall–Kier alpha value is -3.09. The van der Waals surface area contributed by atoms with Crippen molar-refractivity contribution in [2.45, 2.75) is 25.8 Å². The molecule has 2 aromatic heterocycles. The Kier molecular flexibility index (Phi) is 6.13. The first-order valence-electron chi connectivity index (χ1n) is 9.48. The standard InChI is InChI=1S/C21H26N4O3/c1-4-20(26)24-10-6-7-17(14-24)25(5-2)18-11-16(13-23-21(18)27)15-8-9-22-19(12-15)28-3/h4,8-9,11-13,17H,1,5-7,10,14H2,2-3H3,(H,23,27)/t17-/m1/s1. The summed E-state index contributed by atoms with van der Waals surface area (Å²) >= 11 is 0. The first-order chi connectivity index (χ1) is 13.6. The monoisotopic (exact) mass is 382 g/mol. The smallest absolute Gasteiger partial charge is 0.271 e. The predicted octanol–water partition coefficient (Wildman–Crippen LogP) is 2.45. The lowest BCUT2D eigenvalue weighted by Crippen LogP contribution is -2.50. The van der Waals surface area contributed by atoms with Crippen LogP contribution in [0.5, 0.6) is 5.88 Å². The van der Waals surface area contributed by atoms with Crippen molar-refractivity contribution in [3.63, 3.8) is 0 Å². The summed E-state index contributed by atoms with van der Waals surface area (Å²) in [5.74, 6) is 0.454. The summed E-state index contributed by atoms with van der Waals surface area (Å²) in [7, 11) is 1.57. The fraction of sp³-hybridized carbons (Fsp3) is 0.381. The third-order valence-corrected chi connectivity index (χ3v) is 5.13. The van der Waals surface area contributed by atoms with Gasteiger partial charge in [-0.25, -0.2) is 4.98 Å². The van der Waals surface area contributed by atoms with E-state index in [2.05, 4.69) is 21.4 Å². The van der Waals surface area contributed by atoms with Crippen molar-refractivity contribution in [3.8, 4) is 17.0 Å². The highest BCUT2D eigenvalue weighted by atomic mass is 16.5. The molecule has 0 spiro atoms. The third kappa shape index (κ3) is 4.08. The molecule has 1 fully saturated rings. The molecule has 28 heavy (non-hydrogen) atoms. The van der Waals surface area contributed by atoms with Gasteiger partial charge in [-0.05, 0) is 43.5 Å². The van der Waals surface area contributed by atoms with Crippen molar-refractivity contribution in [2.75, 3.05) is 31.6 Å². The first-order valence-corrected chi connectivity index (χ1v) is 9.48. The number of methoxy groups -OCH3 is 1. The van der Waals surface area contributed by atoms with E-state index in [1.807, 2.05) is 25.1 Å². The van der Waals surface area contributed by atoms with E-state index in [9.17, 15) is 9.59 Å². The molecule has 148 valence electrons. The number of anilines is 1. The third-order valence-electron chi connectivity index (χ3n) is 5.13. The Morgan fingerprint density at radius 1 is 1.46 bits per heavy atom. The van der Waals surface area contributed by atoms with E-state index in [1.54, 1.807) is 24.4 Å². The van der Waals surface area contributed by atoms with E-state index < -0.39 is 0 Å². The van der Waals surface area contributed by atoms with Gasteiger partial charge < -0.3 is 19.5 Å². The van der Waals surface area contributed by atoms with Crippen molar-refractivity contribution < 1.29 is 9.53 Å². The Morgan fingerprint density at radius 2 is 2.29 bits per heavy atom. The van der Waals surface area contributed by atoms with Gasteiger partial charge in [0, 0.05) is 49.7 Å². The zero-order valence-corrected chi connectivity index (χ0v) is 16.4. The van der Waals surface area contributed by atoms with Gasteiger partial charge in [0.2, 0.25) is 11.8 Å². The summed E-state index contributed by atoms with van der Waals surface area (Å²) < 4.78 is 5.20. The van der Waals surface area contributed by atoms with Crippen molar-refractivity contribution in [1.29, 1.82) is 0 Å². The average Bonchev–Trinajstić information content (AvgIpc) is 2.75. The van der Waals surface area contributed by atoms with Gasteiger partial charge in [0.15, 0.2) is 0 Å². The molecule has 1 aliphatic heterocycles. The van der Waals surface area contributed by atoms with Gasteiger partial charge in [-0.3, -0.25) is 9.59 Å². The maximum Gasteiger partial charge on any atom is 0.271 e. The SMILES string of the molecule is C=CC(=O)N1CCC[C@@H](N(CC)c2cc(-c3ccnc(OC)c3)c[nH]c2=O)C1. The lowest BCUT2D eigenvalue weighted by Gasteiger charge is -2.39. The molecule has 1 saturated heterocycles. The van der Waals surface area contributed by atoms with Gasteiger partial charge >= 0.3 is 0 Å². The number of hydrogen-bond acceptors (Lipinski definition) is 5.